The van der Waals surface area contributed by atoms with Crippen molar-refractivity contribution in [2.45, 2.75) is 44.6 Å². The third kappa shape index (κ3) is 6.03. The molecule has 152 valence electrons. The molecule has 0 bridgehead atoms. The van der Waals surface area contributed by atoms with Crippen molar-refractivity contribution in [3.63, 3.8) is 0 Å². The number of carbonyl (C=O) groups is 1. The predicted octanol–water partition coefficient (Wildman–Crippen LogP) is 3.31. The average Bonchev–Trinajstić information content (AvgIpc) is 2.66. The summed E-state index contributed by atoms with van der Waals surface area (Å²) in [7, 11) is 8.88. The van der Waals surface area contributed by atoms with Gasteiger partial charge in [0.2, 0.25) is 5.75 Å². The molecule has 2 atom stereocenters. The molecule has 0 amide bonds. The Hall–Kier alpha value is -1.95. The Bertz CT molecular complexity index is 592. The van der Waals surface area contributed by atoms with Gasteiger partial charge in [0.1, 0.15) is 6.10 Å². The second kappa shape index (κ2) is 10.4. The highest BCUT2D eigenvalue weighted by Crippen LogP contribution is 2.38. The highest BCUT2D eigenvalue weighted by Gasteiger charge is 2.28. The van der Waals surface area contributed by atoms with Crippen LogP contribution in [0.15, 0.2) is 12.1 Å². The van der Waals surface area contributed by atoms with Crippen LogP contribution < -0.4 is 14.2 Å². The van der Waals surface area contributed by atoms with Crippen LogP contribution in [0.25, 0.3) is 0 Å². The summed E-state index contributed by atoms with van der Waals surface area (Å²) in [4.78, 5) is 14.6. The first-order valence-corrected chi connectivity index (χ1v) is 9.61. The molecule has 0 heterocycles. The molecule has 0 saturated heterocycles. The standard InChI is InChI=1S/C21H33NO5/c1-22(2)14-16-8-6-7-9-17(16)27-20(23)11-10-15-12-18(24-3)21(26-5)19(13-15)25-4/h12-13,16-17H,6-11,14H2,1-5H3. The van der Waals surface area contributed by atoms with Gasteiger partial charge in [0.25, 0.3) is 0 Å². The van der Waals surface area contributed by atoms with Crippen LogP contribution in [-0.2, 0) is 16.0 Å². The molecule has 1 aromatic carbocycles. The second-order valence-corrected chi connectivity index (χ2v) is 7.37. The van der Waals surface area contributed by atoms with Crippen LogP contribution in [0.4, 0.5) is 0 Å². The van der Waals surface area contributed by atoms with E-state index >= 15 is 0 Å². The summed E-state index contributed by atoms with van der Waals surface area (Å²) in [5.41, 5.74) is 0.954. The van der Waals surface area contributed by atoms with Crippen LogP contribution in [0.5, 0.6) is 17.2 Å². The van der Waals surface area contributed by atoms with E-state index in [0.717, 1.165) is 31.4 Å². The summed E-state index contributed by atoms with van der Waals surface area (Å²) in [6, 6.07) is 3.76. The van der Waals surface area contributed by atoms with Gasteiger partial charge in [-0.3, -0.25) is 4.79 Å². The molecule has 1 aliphatic carbocycles. The van der Waals surface area contributed by atoms with Gasteiger partial charge in [0.05, 0.1) is 21.3 Å². The van der Waals surface area contributed by atoms with E-state index < -0.39 is 0 Å². The van der Waals surface area contributed by atoms with Gasteiger partial charge in [-0.05, 0) is 57.5 Å². The largest absolute Gasteiger partial charge is 0.493 e. The molecule has 1 aromatic rings. The minimum Gasteiger partial charge on any atom is -0.493 e. The Kier molecular flexibility index (Phi) is 8.23. The molecule has 0 aromatic heterocycles. The molecule has 0 spiro atoms. The van der Waals surface area contributed by atoms with E-state index in [-0.39, 0.29) is 12.1 Å². The lowest BCUT2D eigenvalue weighted by Gasteiger charge is -2.33. The molecular formula is C21H33NO5. The van der Waals surface area contributed by atoms with Crippen LogP contribution in [0, 0.1) is 5.92 Å². The summed E-state index contributed by atoms with van der Waals surface area (Å²) in [6.45, 7) is 0.963. The molecule has 27 heavy (non-hydrogen) atoms. The van der Waals surface area contributed by atoms with Gasteiger partial charge in [-0.2, -0.15) is 0 Å². The molecule has 0 aliphatic heterocycles. The number of esters is 1. The Balaban J connectivity index is 1.96. The number of rotatable bonds is 9. The number of ether oxygens (including phenoxy) is 4. The maximum absolute atomic E-state index is 12.4. The number of aryl methyl sites for hydroxylation is 1. The summed E-state index contributed by atoms with van der Waals surface area (Å²) >= 11 is 0. The minimum absolute atomic E-state index is 0.0357. The number of carbonyl (C=O) groups excluding carboxylic acids is 1. The van der Waals surface area contributed by atoms with E-state index in [2.05, 4.69) is 19.0 Å². The molecule has 1 aliphatic rings. The van der Waals surface area contributed by atoms with Crippen molar-refractivity contribution in [2.75, 3.05) is 42.0 Å². The monoisotopic (exact) mass is 379 g/mol. The molecule has 6 nitrogen and oxygen atoms in total. The van der Waals surface area contributed by atoms with E-state index in [0.29, 0.717) is 36.0 Å². The molecule has 2 unspecified atom stereocenters. The Labute approximate surface area is 162 Å². The third-order valence-electron chi connectivity index (χ3n) is 5.06. The first-order chi connectivity index (χ1) is 13.0. The van der Waals surface area contributed by atoms with Gasteiger partial charge in [0, 0.05) is 18.9 Å². The zero-order valence-electron chi connectivity index (χ0n) is 17.2. The lowest BCUT2D eigenvalue weighted by Crippen LogP contribution is -2.36. The fourth-order valence-corrected chi connectivity index (χ4v) is 3.76. The summed E-state index contributed by atoms with van der Waals surface area (Å²) in [5.74, 6) is 2.04. The van der Waals surface area contributed by atoms with Crippen molar-refractivity contribution in [2.24, 2.45) is 5.92 Å². The molecule has 0 N–H and O–H groups in total. The smallest absolute Gasteiger partial charge is 0.306 e. The van der Waals surface area contributed by atoms with Crippen LogP contribution in [-0.4, -0.2) is 58.9 Å². The van der Waals surface area contributed by atoms with Crippen molar-refractivity contribution >= 4 is 5.97 Å². The molecule has 1 saturated carbocycles. The maximum Gasteiger partial charge on any atom is 0.306 e. The number of benzene rings is 1. The van der Waals surface area contributed by atoms with Crippen molar-refractivity contribution in [3.8, 4) is 17.2 Å². The van der Waals surface area contributed by atoms with Crippen molar-refractivity contribution in [1.29, 1.82) is 0 Å². The van der Waals surface area contributed by atoms with Crippen molar-refractivity contribution < 1.29 is 23.7 Å². The Morgan fingerprint density at radius 1 is 1.04 bits per heavy atom. The van der Waals surface area contributed by atoms with E-state index in [4.69, 9.17) is 18.9 Å². The predicted molar refractivity (Wildman–Crippen MR) is 105 cm³/mol. The van der Waals surface area contributed by atoms with Crippen molar-refractivity contribution in [3.05, 3.63) is 17.7 Å². The number of hydrogen-bond donors (Lipinski definition) is 0. The topological polar surface area (TPSA) is 57.2 Å². The minimum atomic E-state index is -0.139. The zero-order valence-corrected chi connectivity index (χ0v) is 17.2. The van der Waals surface area contributed by atoms with E-state index in [1.54, 1.807) is 21.3 Å². The Morgan fingerprint density at radius 2 is 1.67 bits per heavy atom. The van der Waals surface area contributed by atoms with Crippen molar-refractivity contribution in [1.82, 2.24) is 4.90 Å². The summed E-state index contributed by atoms with van der Waals surface area (Å²) in [6.07, 6.45) is 5.39. The van der Waals surface area contributed by atoms with Gasteiger partial charge < -0.3 is 23.8 Å². The zero-order chi connectivity index (χ0) is 19.8. The third-order valence-corrected chi connectivity index (χ3v) is 5.06. The SMILES string of the molecule is COc1cc(CCC(=O)OC2CCCCC2CN(C)C)cc(OC)c1OC. The maximum atomic E-state index is 12.4. The van der Waals surface area contributed by atoms with E-state index in [9.17, 15) is 4.79 Å². The second-order valence-electron chi connectivity index (χ2n) is 7.37. The van der Waals surface area contributed by atoms with E-state index in [1.807, 2.05) is 12.1 Å². The van der Waals surface area contributed by atoms with Crippen LogP contribution in [0.3, 0.4) is 0 Å². The number of hydrogen-bond acceptors (Lipinski definition) is 6. The summed E-state index contributed by atoms with van der Waals surface area (Å²) < 4.78 is 21.9. The lowest BCUT2D eigenvalue weighted by atomic mass is 9.86. The number of methoxy groups -OCH3 is 3. The normalized spacial score (nSPS) is 19.6. The lowest BCUT2D eigenvalue weighted by molar-refractivity contribution is -0.154. The van der Waals surface area contributed by atoms with Crippen LogP contribution >= 0.6 is 0 Å². The van der Waals surface area contributed by atoms with Gasteiger partial charge in [-0.25, -0.2) is 0 Å². The molecule has 1 fully saturated rings. The molecule has 6 heteroatoms. The van der Waals surface area contributed by atoms with Gasteiger partial charge in [-0.15, -0.1) is 0 Å². The van der Waals surface area contributed by atoms with Crippen LogP contribution in [0.2, 0.25) is 0 Å². The quantitative estimate of drug-likeness (QED) is 0.614. The van der Waals surface area contributed by atoms with Gasteiger partial charge in [-0.1, -0.05) is 6.42 Å². The first kappa shape index (κ1) is 21.4. The molecule has 0 radical (unpaired) electrons. The average molecular weight is 379 g/mol. The highest BCUT2D eigenvalue weighted by molar-refractivity contribution is 5.70. The molecular weight excluding hydrogens is 346 g/mol. The van der Waals surface area contributed by atoms with Crippen LogP contribution in [0.1, 0.15) is 37.7 Å². The van der Waals surface area contributed by atoms with E-state index in [1.165, 1.54) is 6.42 Å². The van der Waals surface area contributed by atoms with Gasteiger partial charge in [0.15, 0.2) is 11.5 Å². The number of nitrogens with zero attached hydrogens (tertiary/aromatic N) is 1. The highest BCUT2D eigenvalue weighted by atomic mass is 16.5. The fraction of sp³-hybridized carbons (Fsp3) is 0.667. The first-order valence-electron chi connectivity index (χ1n) is 9.61. The molecule has 2 rings (SSSR count). The Morgan fingerprint density at radius 3 is 2.22 bits per heavy atom. The summed E-state index contributed by atoms with van der Waals surface area (Å²) in [5, 5.41) is 0. The fourth-order valence-electron chi connectivity index (χ4n) is 3.76. The van der Waals surface area contributed by atoms with Gasteiger partial charge >= 0.3 is 5.97 Å².